The third-order valence-electron chi connectivity index (χ3n) is 6.33. The quantitative estimate of drug-likeness (QED) is 0.444. The van der Waals surface area contributed by atoms with E-state index in [1.54, 1.807) is 18.7 Å². The molecule has 0 spiro atoms. The number of hydrogen-bond donors (Lipinski definition) is 2. The zero-order chi connectivity index (χ0) is 21.7. The zero-order valence-corrected chi connectivity index (χ0v) is 17.8. The van der Waals surface area contributed by atoms with E-state index in [1.807, 2.05) is 30.3 Å². The SMILES string of the molecule is CCOC(=O)[C@H](CCc1ccccc1)N[C@@H](C)C(=O)N1[C@H](C(=O)O)C[C@@H]2CCC[C@@H]21.[MgH2]. The van der Waals surface area contributed by atoms with Crippen molar-refractivity contribution in [3.63, 3.8) is 0 Å². The van der Waals surface area contributed by atoms with Gasteiger partial charge in [0.15, 0.2) is 0 Å². The summed E-state index contributed by atoms with van der Waals surface area (Å²) in [6.45, 7) is 3.72. The van der Waals surface area contributed by atoms with Gasteiger partial charge in [0.05, 0.1) is 12.6 Å². The van der Waals surface area contributed by atoms with E-state index in [-0.39, 0.29) is 53.5 Å². The normalized spacial score (nSPS) is 24.1. The molecule has 168 valence electrons. The first-order chi connectivity index (χ1) is 14.4. The highest BCUT2D eigenvalue weighted by molar-refractivity contribution is 5.88. The molecule has 8 heteroatoms. The lowest BCUT2D eigenvalue weighted by Crippen LogP contribution is -2.55. The maximum atomic E-state index is 13.2. The van der Waals surface area contributed by atoms with Gasteiger partial charge in [0.25, 0.3) is 0 Å². The van der Waals surface area contributed by atoms with Crippen LogP contribution in [0.2, 0.25) is 0 Å². The van der Waals surface area contributed by atoms with Crippen molar-refractivity contribution in [3.8, 4) is 0 Å². The lowest BCUT2D eigenvalue weighted by Gasteiger charge is -2.31. The lowest BCUT2D eigenvalue weighted by atomic mass is 10.0. The minimum atomic E-state index is -0.948. The number of fused-ring (bicyclic) bond motifs is 1. The molecule has 2 N–H and O–H groups in total. The van der Waals surface area contributed by atoms with E-state index in [4.69, 9.17) is 4.74 Å². The van der Waals surface area contributed by atoms with Crippen molar-refractivity contribution in [1.29, 1.82) is 0 Å². The molecule has 1 aromatic rings. The number of aliphatic carboxylic acids is 1. The largest absolute Gasteiger partial charge is 0.480 e. The zero-order valence-electron chi connectivity index (χ0n) is 17.8. The maximum absolute atomic E-state index is 13.2. The summed E-state index contributed by atoms with van der Waals surface area (Å²) in [5, 5.41) is 12.8. The molecule has 1 heterocycles. The molecule has 0 bridgehead atoms. The molecule has 2 fully saturated rings. The molecule has 2 aliphatic rings. The fourth-order valence-corrected chi connectivity index (χ4v) is 4.89. The summed E-state index contributed by atoms with van der Waals surface area (Å²) in [5.41, 5.74) is 1.10. The van der Waals surface area contributed by atoms with Crippen LogP contribution in [0.5, 0.6) is 0 Å². The number of nitrogens with one attached hydrogen (secondary N) is 1. The minimum absolute atomic E-state index is 0. The van der Waals surface area contributed by atoms with Gasteiger partial charge in [-0.15, -0.1) is 0 Å². The smallest absolute Gasteiger partial charge is 0.326 e. The maximum Gasteiger partial charge on any atom is 0.326 e. The highest BCUT2D eigenvalue weighted by Crippen LogP contribution is 2.41. The van der Waals surface area contributed by atoms with Crippen LogP contribution in [0.25, 0.3) is 0 Å². The number of amides is 1. The number of carbonyl (C=O) groups excluding carboxylic acids is 2. The molecule has 0 unspecified atom stereocenters. The van der Waals surface area contributed by atoms with Crippen molar-refractivity contribution < 1.29 is 24.2 Å². The molecular formula is C23H34MgN2O5. The fraction of sp³-hybridized carbons (Fsp3) is 0.609. The lowest BCUT2D eigenvalue weighted by molar-refractivity contribution is -0.151. The molecule has 1 amide bonds. The predicted molar refractivity (Wildman–Crippen MR) is 120 cm³/mol. The van der Waals surface area contributed by atoms with Crippen molar-refractivity contribution in [1.82, 2.24) is 10.2 Å². The molecule has 3 rings (SSSR count). The summed E-state index contributed by atoms with van der Waals surface area (Å²) in [5.74, 6) is -1.31. The van der Waals surface area contributed by atoms with Crippen molar-refractivity contribution in [3.05, 3.63) is 35.9 Å². The number of likely N-dealkylation sites (tertiary alicyclic amines) is 1. The number of benzene rings is 1. The number of aryl methyl sites for hydroxylation is 1. The summed E-state index contributed by atoms with van der Waals surface area (Å²) in [6, 6.07) is 7.76. The molecule has 1 aromatic carbocycles. The standard InChI is InChI=1S/C23H32N2O5.Mg.2H/c1-3-30-23(29)18(13-12-16-8-5-4-6-9-16)24-15(2)21(26)25-19-11-7-10-17(19)14-20(25)22(27)28;;;/h4-6,8-9,15,17-20,24H,3,7,10-14H2,1-2H3,(H,27,28);;;/t15-,17-,18-,19-,20-;;;/m0.../s1. The number of carbonyl (C=O) groups is 3. The van der Waals surface area contributed by atoms with Crippen LogP contribution in [0.15, 0.2) is 30.3 Å². The number of carboxylic acid groups (broad SMARTS) is 1. The summed E-state index contributed by atoms with van der Waals surface area (Å²) in [4.78, 5) is 39.1. The van der Waals surface area contributed by atoms with Crippen molar-refractivity contribution in [2.45, 2.75) is 76.5 Å². The van der Waals surface area contributed by atoms with Gasteiger partial charge in [-0.1, -0.05) is 36.8 Å². The van der Waals surface area contributed by atoms with Gasteiger partial charge in [-0.2, -0.15) is 0 Å². The third-order valence-corrected chi connectivity index (χ3v) is 6.33. The Morgan fingerprint density at radius 3 is 2.58 bits per heavy atom. The van der Waals surface area contributed by atoms with Gasteiger partial charge in [0.1, 0.15) is 12.1 Å². The number of nitrogens with zero attached hydrogens (tertiary/aromatic N) is 1. The van der Waals surface area contributed by atoms with E-state index in [0.29, 0.717) is 19.3 Å². The second-order valence-electron chi connectivity index (χ2n) is 8.31. The summed E-state index contributed by atoms with van der Waals surface area (Å²) in [7, 11) is 0. The first-order valence-electron chi connectivity index (χ1n) is 10.9. The molecule has 1 saturated heterocycles. The number of rotatable bonds is 9. The second kappa shape index (κ2) is 11.8. The van der Waals surface area contributed by atoms with Crippen molar-refractivity contribution >= 4 is 40.9 Å². The van der Waals surface area contributed by atoms with Crippen LogP contribution in [0, 0.1) is 5.92 Å². The second-order valence-corrected chi connectivity index (χ2v) is 8.31. The first kappa shape index (κ1) is 25.6. The fourth-order valence-electron chi connectivity index (χ4n) is 4.89. The molecule has 1 aliphatic carbocycles. The van der Waals surface area contributed by atoms with E-state index in [1.165, 1.54) is 0 Å². The van der Waals surface area contributed by atoms with Crippen molar-refractivity contribution in [2.24, 2.45) is 5.92 Å². The molecule has 31 heavy (non-hydrogen) atoms. The van der Waals surface area contributed by atoms with Crippen LogP contribution in [0.4, 0.5) is 0 Å². The van der Waals surface area contributed by atoms with Crippen LogP contribution in [-0.2, 0) is 25.5 Å². The minimum Gasteiger partial charge on any atom is -0.480 e. The Balaban J connectivity index is 0.00000341. The summed E-state index contributed by atoms with van der Waals surface area (Å²) >= 11 is 0. The van der Waals surface area contributed by atoms with Gasteiger partial charge in [0, 0.05) is 6.04 Å². The Morgan fingerprint density at radius 2 is 1.94 bits per heavy atom. The van der Waals surface area contributed by atoms with E-state index < -0.39 is 24.1 Å². The monoisotopic (exact) mass is 442 g/mol. The summed E-state index contributed by atoms with van der Waals surface area (Å²) in [6.07, 6.45) is 4.54. The summed E-state index contributed by atoms with van der Waals surface area (Å²) < 4.78 is 5.21. The average Bonchev–Trinajstić information content (AvgIpc) is 3.32. The molecule has 7 nitrogen and oxygen atoms in total. The van der Waals surface area contributed by atoms with Crippen molar-refractivity contribution in [2.75, 3.05) is 6.61 Å². The Labute approximate surface area is 200 Å². The van der Waals surface area contributed by atoms with Gasteiger partial charge in [0.2, 0.25) is 5.91 Å². The van der Waals surface area contributed by atoms with Gasteiger partial charge in [-0.3, -0.25) is 14.9 Å². The highest BCUT2D eigenvalue weighted by atomic mass is 24.3. The topological polar surface area (TPSA) is 95.9 Å². The Morgan fingerprint density at radius 1 is 1.23 bits per heavy atom. The van der Waals surface area contributed by atoms with Crippen LogP contribution < -0.4 is 5.32 Å². The van der Waals surface area contributed by atoms with Crippen LogP contribution in [-0.4, -0.2) is 81.7 Å². The van der Waals surface area contributed by atoms with E-state index >= 15 is 0 Å². The van der Waals surface area contributed by atoms with E-state index in [9.17, 15) is 19.5 Å². The first-order valence-corrected chi connectivity index (χ1v) is 10.9. The van der Waals surface area contributed by atoms with Gasteiger partial charge in [-0.25, -0.2) is 4.79 Å². The molecule has 0 radical (unpaired) electrons. The van der Waals surface area contributed by atoms with Gasteiger partial charge in [-0.05, 0) is 57.4 Å². The van der Waals surface area contributed by atoms with Crippen LogP contribution in [0.3, 0.4) is 0 Å². The molecule has 1 saturated carbocycles. The Bertz CT molecular complexity index is 760. The Kier molecular flexibility index (Phi) is 9.77. The predicted octanol–water partition coefficient (Wildman–Crippen LogP) is 1.47. The molecular weight excluding hydrogens is 409 g/mol. The van der Waals surface area contributed by atoms with Crippen LogP contribution in [0.1, 0.15) is 51.5 Å². The molecule has 0 aromatic heterocycles. The number of hydrogen-bond acceptors (Lipinski definition) is 5. The number of carboxylic acids is 1. The average molecular weight is 443 g/mol. The third kappa shape index (κ3) is 6.20. The molecule has 5 atom stereocenters. The van der Waals surface area contributed by atoms with Gasteiger partial charge >= 0.3 is 35.0 Å². The van der Waals surface area contributed by atoms with E-state index in [2.05, 4.69) is 5.32 Å². The molecule has 1 aliphatic heterocycles. The highest BCUT2D eigenvalue weighted by Gasteiger charge is 2.49. The van der Waals surface area contributed by atoms with Crippen LogP contribution >= 0.6 is 0 Å². The van der Waals surface area contributed by atoms with E-state index in [0.717, 1.165) is 24.8 Å². The Hall–Kier alpha value is -1.64. The number of esters is 1. The number of ether oxygens (including phenoxy) is 1. The van der Waals surface area contributed by atoms with Gasteiger partial charge < -0.3 is 14.7 Å².